The Bertz CT molecular complexity index is 573. The molecule has 6 nitrogen and oxygen atoms in total. The van der Waals surface area contributed by atoms with Crippen molar-refractivity contribution in [2.75, 3.05) is 33.4 Å². The molecule has 0 saturated carbocycles. The van der Waals surface area contributed by atoms with Crippen LogP contribution in [-0.4, -0.2) is 55.2 Å². The second-order valence-corrected chi connectivity index (χ2v) is 5.90. The molecule has 0 bridgehead atoms. The number of nitrogens with zero attached hydrogens (tertiary/aromatic N) is 1. The number of hydrogen-bond donors (Lipinski definition) is 1. The molecule has 23 heavy (non-hydrogen) atoms. The average Bonchev–Trinajstić information content (AvgIpc) is 3.18. The number of rotatable bonds is 6. The number of esters is 1. The second-order valence-electron chi connectivity index (χ2n) is 5.90. The largest absolute Gasteiger partial charge is 0.465 e. The molecule has 1 fully saturated rings. The Morgan fingerprint density at radius 3 is 2.65 bits per heavy atom. The number of methoxy groups -OCH3 is 1. The second kappa shape index (κ2) is 7.64. The number of hydrogen-bond acceptors (Lipinski definition) is 4. The van der Waals surface area contributed by atoms with Crippen LogP contribution in [0.2, 0.25) is 0 Å². The zero-order valence-electron chi connectivity index (χ0n) is 14.4. The van der Waals surface area contributed by atoms with Crippen LogP contribution in [0.4, 0.5) is 0 Å². The number of aryl methyl sites for hydroxylation is 1. The van der Waals surface area contributed by atoms with Crippen molar-refractivity contribution in [3.63, 3.8) is 0 Å². The maximum absolute atomic E-state index is 12.9. The number of ether oxygens (including phenoxy) is 2. The van der Waals surface area contributed by atoms with E-state index in [0.29, 0.717) is 48.9 Å². The lowest BCUT2D eigenvalue weighted by Gasteiger charge is -2.23. The quantitative estimate of drug-likeness (QED) is 0.815. The van der Waals surface area contributed by atoms with E-state index in [1.807, 2.05) is 18.7 Å². The summed E-state index contributed by atoms with van der Waals surface area (Å²) in [7, 11) is 1.36. The van der Waals surface area contributed by atoms with Crippen molar-refractivity contribution < 1.29 is 19.1 Å². The zero-order valence-corrected chi connectivity index (χ0v) is 14.4. The predicted octanol–water partition coefficient (Wildman–Crippen LogP) is 2.17. The molecule has 1 aromatic heterocycles. The van der Waals surface area contributed by atoms with Gasteiger partial charge < -0.3 is 19.4 Å². The summed E-state index contributed by atoms with van der Waals surface area (Å²) in [4.78, 5) is 29.8. The van der Waals surface area contributed by atoms with Crippen molar-refractivity contribution in [2.24, 2.45) is 5.92 Å². The molecular formula is C17H26N2O4. The predicted molar refractivity (Wildman–Crippen MR) is 86.8 cm³/mol. The normalized spacial score (nSPS) is 17.3. The lowest BCUT2D eigenvalue weighted by Crippen LogP contribution is -2.36. The summed E-state index contributed by atoms with van der Waals surface area (Å²) in [6, 6.07) is 0. The van der Waals surface area contributed by atoms with E-state index in [0.717, 1.165) is 18.7 Å². The van der Waals surface area contributed by atoms with Crippen molar-refractivity contribution in [1.82, 2.24) is 9.88 Å². The highest BCUT2D eigenvalue weighted by atomic mass is 16.5. The first-order valence-electron chi connectivity index (χ1n) is 8.20. The lowest BCUT2D eigenvalue weighted by atomic mass is 10.1. The summed E-state index contributed by atoms with van der Waals surface area (Å²) >= 11 is 0. The molecule has 1 N–H and O–H groups in total. The number of amides is 1. The number of nitrogens with one attached hydrogen (secondary N) is 1. The molecule has 1 aliphatic heterocycles. The summed E-state index contributed by atoms with van der Waals surface area (Å²) in [5.74, 6) is -0.0801. The maximum atomic E-state index is 12.9. The number of carbonyl (C=O) groups is 2. The Hall–Kier alpha value is -1.82. The highest BCUT2D eigenvalue weighted by Crippen LogP contribution is 2.22. The average molecular weight is 322 g/mol. The SMILES string of the molecule is CCc1[nH]c(C(=O)N(CC)C[C@H]2CCOC2)c(C)c1C(=O)OC. The van der Waals surface area contributed by atoms with E-state index in [1.165, 1.54) is 7.11 Å². The van der Waals surface area contributed by atoms with E-state index >= 15 is 0 Å². The van der Waals surface area contributed by atoms with Gasteiger partial charge in [0.15, 0.2) is 0 Å². The molecule has 0 unspecified atom stereocenters. The van der Waals surface area contributed by atoms with Crippen LogP contribution < -0.4 is 0 Å². The van der Waals surface area contributed by atoms with E-state index in [9.17, 15) is 9.59 Å². The molecule has 1 amide bonds. The first-order valence-corrected chi connectivity index (χ1v) is 8.20. The lowest BCUT2D eigenvalue weighted by molar-refractivity contribution is 0.0599. The third kappa shape index (κ3) is 3.58. The highest BCUT2D eigenvalue weighted by molar-refractivity contribution is 6.00. The van der Waals surface area contributed by atoms with Crippen LogP contribution in [0.15, 0.2) is 0 Å². The van der Waals surface area contributed by atoms with Gasteiger partial charge in [-0.05, 0) is 32.3 Å². The molecule has 2 rings (SSSR count). The Labute approximate surface area is 137 Å². The topological polar surface area (TPSA) is 71.6 Å². The van der Waals surface area contributed by atoms with Gasteiger partial charge >= 0.3 is 5.97 Å². The van der Waals surface area contributed by atoms with Crippen molar-refractivity contribution in [3.05, 3.63) is 22.5 Å². The molecule has 2 heterocycles. The summed E-state index contributed by atoms with van der Waals surface area (Å²) in [5, 5.41) is 0. The van der Waals surface area contributed by atoms with E-state index in [4.69, 9.17) is 9.47 Å². The molecule has 0 aliphatic carbocycles. The first kappa shape index (κ1) is 17.5. The molecular weight excluding hydrogens is 296 g/mol. The van der Waals surface area contributed by atoms with Crippen molar-refractivity contribution in [2.45, 2.75) is 33.6 Å². The highest BCUT2D eigenvalue weighted by Gasteiger charge is 2.28. The van der Waals surface area contributed by atoms with E-state index in [1.54, 1.807) is 6.92 Å². The van der Waals surface area contributed by atoms with Crippen molar-refractivity contribution >= 4 is 11.9 Å². The van der Waals surface area contributed by atoms with Crippen molar-refractivity contribution in [1.29, 1.82) is 0 Å². The number of aromatic amines is 1. The molecule has 0 spiro atoms. The minimum atomic E-state index is -0.401. The number of carbonyl (C=O) groups excluding carboxylic acids is 2. The van der Waals surface area contributed by atoms with Gasteiger partial charge in [0.1, 0.15) is 5.69 Å². The van der Waals surface area contributed by atoms with Crippen LogP contribution in [0.25, 0.3) is 0 Å². The number of aromatic nitrogens is 1. The van der Waals surface area contributed by atoms with E-state index < -0.39 is 5.97 Å². The van der Waals surface area contributed by atoms with Crippen LogP contribution in [0, 0.1) is 12.8 Å². The van der Waals surface area contributed by atoms with Crippen LogP contribution in [0.5, 0.6) is 0 Å². The maximum Gasteiger partial charge on any atom is 0.339 e. The molecule has 0 aromatic carbocycles. The zero-order chi connectivity index (χ0) is 17.0. The minimum absolute atomic E-state index is 0.0678. The molecule has 6 heteroatoms. The smallest absolute Gasteiger partial charge is 0.339 e. The van der Waals surface area contributed by atoms with Crippen LogP contribution >= 0.6 is 0 Å². The number of H-pyrrole nitrogens is 1. The van der Waals surface area contributed by atoms with Crippen LogP contribution in [-0.2, 0) is 15.9 Å². The van der Waals surface area contributed by atoms with Gasteiger partial charge in [-0.1, -0.05) is 6.92 Å². The molecule has 1 saturated heterocycles. The Morgan fingerprint density at radius 1 is 1.39 bits per heavy atom. The van der Waals surface area contributed by atoms with Gasteiger partial charge in [-0.25, -0.2) is 4.79 Å². The summed E-state index contributed by atoms with van der Waals surface area (Å²) in [6.45, 7) is 8.49. The van der Waals surface area contributed by atoms with Gasteiger partial charge in [-0.15, -0.1) is 0 Å². The Balaban J connectivity index is 2.26. The van der Waals surface area contributed by atoms with Gasteiger partial charge in [0.25, 0.3) is 5.91 Å². The third-order valence-electron chi connectivity index (χ3n) is 4.46. The van der Waals surface area contributed by atoms with Gasteiger partial charge in [0, 0.05) is 31.3 Å². The fraction of sp³-hybridized carbons (Fsp3) is 0.647. The fourth-order valence-corrected chi connectivity index (χ4v) is 3.07. The summed E-state index contributed by atoms with van der Waals surface area (Å²) in [5.41, 5.74) is 2.39. The molecule has 128 valence electrons. The van der Waals surface area contributed by atoms with Gasteiger partial charge in [-0.3, -0.25) is 4.79 Å². The first-order chi connectivity index (χ1) is 11.0. The monoisotopic (exact) mass is 322 g/mol. The Morgan fingerprint density at radius 2 is 2.13 bits per heavy atom. The molecule has 1 atom stereocenters. The van der Waals surface area contributed by atoms with Crippen LogP contribution in [0.1, 0.15) is 52.4 Å². The van der Waals surface area contributed by atoms with Gasteiger partial charge in [-0.2, -0.15) is 0 Å². The van der Waals surface area contributed by atoms with Gasteiger partial charge in [0.2, 0.25) is 0 Å². The van der Waals surface area contributed by atoms with E-state index in [2.05, 4.69) is 4.98 Å². The molecule has 0 radical (unpaired) electrons. The molecule has 1 aromatic rings. The molecule has 1 aliphatic rings. The Kier molecular flexibility index (Phi) is 5.82. The summed E-state index contributed by atoms with van der Waals surface area (Å²) in [6.07, 6.45) is 1.63. The standard InChI is InChI=1S/C17H26N2O4/c1-5-13-14(17(21)22-4)11(3)15(18-13)16(20)19(6-2)9-12-7-8-23-10-12/h12,18H,5-10H2,1-4H3/t12-/m1/s1. The fourth-order valence-electron chi connectivity index (χ4n) is 3.07. The third-order valence-corrected chi connectivity index (χ3v) is 4.46. The summed E-state index contributed by atoms with van der Waals surface area (Å²) < 4.78 is 10.2. The minimum Gasteiger partial charge on any atom is -0.465 e. The van der Waals surface area contributed by atoms with Crippen LogP contribution in [0.3, 0.4) is 0 Å². The van der Waals surface area contributed by atoms with E-state index in [-0.39, 0.29) is 5.91 Å². The van der Waals surface area contributed by atoms with Crippen molar-refractivity contribution in [3.8, 4) is 0 Å². The van der Waals surface area contributed by atoms with Gasteiger partial charge in [0.05, 0.1) is 19.3 Å².